The van der Waals surface area contributed by atoms with Gasteiger partial charge >= 0.3 is 5.97 Å². The summed E-state index contributed by atoms with van der Waals surface area (Å²) in [6, 6.07) is 7.01. The molecule has 1 fully saturated rings. The SMILES string of the molecule is C[C@@H](OC(=O)COc1ccccc1C(C)(C)C)C(=O)N[C@@H]1CCS(=O)(=O)C1. The van der Waals surface area contributed by atoms with Crippen LogP contribution in [0.1, 0.15) is 39.7 Å². The number of para-hydroxylation sites is 1. The molecule has 7 nitrogen and oxygen atoms in total. The van der Waals surface area contributed by atoms with Gasteiger partial charge in [0.2, 0.25) is 0 Å². The van der Waals surface area contributed by atoms with Gasteiger partial charge < -0.3 is 14.8 Å². The van der Waals surface area contributed by atoms with E-state index in [-0.39, 0.29) is 23.5 Å². The second kappa shape index (κ2) is 8.29. The lowest BCUT2D eigenvalue weighted by Crippen LogP contribution is -2.43. The molecule has 1 saturated heterocycles. The first-order valence-corrected chi connectivity index (χ1v) is 10.7. The predicted molar refractivity (Wildman–Crippen MR) is 101 cm³/mol. The molecule has 1 amide bonds. The number of esters is 1. The maximum Gasteiger partial charge on any atom is 0.344 e. The molecule has 1 N–H and O–H groups in total. The zero-order valence-corrected chi connectivity index (χ0v) is 17.0. The molecular weight excluding hydrogens is 370 g/mol. The highest BCUT2D eigenvalue weighted by Crippen LogP contribution is 2.30. The number of benzene rings is 1. The summed E-state index contributed by atoms with van der Waals surface area (Å²) < 4.78 is 33.5. The molecule has 150 valence electrons. The van der Waals surface area contributed by atoms with Crippen molar-refractivity contribution in [2.75, 3.05) is 18.1 Å². The van der Waals surface area contributed by atoms with Crippen LogP contribution >= 0.6 is 0 Å². The van der Waals surface area contributed by atoms with Gasteiger partial charge in [0.15, 0.2) is 22.5 Å². The van der Waals surface area contributed by atoms with Crippen molar-refractivity contribution < 1.29 is 27.5 Å². The first-order valence-electron chi connectivity index (χ1n) is 8.90. The Balaban J connectivity index is 1.84. The smallest absolute Gasteiger partial charge is 0.344 e. The minimum absolute atomic E-state index is 0.0626. The van der Waals surface area contributed by atoms with Crippen molar-refractivity contribution in [2.24, 2.45) is 0 Å². The molecule has 0 bridgehead atoms. The standard InChI is InChI=1S/C19H27NO6S/c1-13(18(22)20-14-9-10-27(23,24)12-14)26-17(21)11-25-16-8-6-5-7-15(16)19(2,3)4/h5-8,13-14H,9-12H2,1-4H3,(H,20,22)/t13-,14-/m1/s1. The van der Waals surface area contributed by atoms with Gasteiger partial charge in [0.25, 0.3) is 5.91 Å². The van der Waals surface area contributed by atoms with E-state index in [1.54, 1.807) is 6.07 Å². The van der Waals surface area contributed by atoms with Gasteiger partial charge in [0, 0.05) is 6.04 Å². The van der Waals surface area contributed by atoms with E-state index in [1.807, 2.05) is 39.0 Å². The molecule has 1 aromatic rings. The Morgan fingerprint density at radius 1 is 1.26 bits per heavy atom. The van der Waals surface area contributed by atoms with Crippen LogP contribution in [0, 0.1) is 0 Å². The Morgan fingerprint density at radius 2 is 1.93 bits per heavy atom. The fourth-order valence-electron chi connectivity index (χ4n) is 2.86. The Bertz CT molecular complexity index is 797. The van der Waals surface area contributed by atoms with Crippen molar-refractivity contribution in [2.45, 2.75) is 51.7 Å². The van der Waals surface area contributed by atoms with Crippen molar-refractivity contribution in [1.29, 1.82) is 0 Å². The number of carbonyl (C=O) groups is 2. The molecular formula is C19H27NO6S. The van der Waals surface area contributed by atoms with Gasteiger partial charge in [-0.2, -0.15) is 0 Å². The molecule has 2 rings (SSSR count). The quantitative estimate of drug-likeness (QED) is 0.732. The van der Waals surface area contributed by atoms with E-state index >= 15 is 0 Å². The number of sulfone groups is 1. The van der Waals surface area contributed by atoms with Crippen LogP contribution in [-0.4, -0.2) is 50.6 Å². The van der Waals surface area contributed by atoms with E-state index < -0.39 is 33.9 Å². The number of nitrogens with one attached hydrogen (secondary N) is 1. The van der Waals surface area contributed by atoms with Crippen LogP contribution in [0.25, 0.3) is 0 Å². The van der Waals surface area contributed by atoms with Gasteiger partial charge in [-0.25, -0.2) is 13.2 Å². The molecule has 27 heavy (non-hydrogen) atoms. The van der Waals surface area contributed by atoms with Gasteiger partial charge in [0.1, 0.15) is 5.75 Å². The van der Waals surface area contributed by atoms with Crippen LogP contribution in [0.15, 0.2) is 24.3 Å². The summed E-state index contributed by atoms with van der Waals surface area (Å²) in [7, 11) is -3.09. The molecule has 1 aromatic carbocycles. The van der Waals surface area contributed by atoms with Crippen molar-refractivity contribution in [3.8, 4) is 5.75 Å². The van der Waals surface area contributed by atoms with Gasteiger partial charge in [-0.1, -0.05) is 39.0 Å². The van der Waals surface area contributed by atoms with E-state index in [0.717, 1.165) is 5.56 Å². The van der Waals surface area contributed by atoms with Crippen LogP contribution < -0.4 is 10.1 Å². The minimum Gasteiger partial charge on any atom is -0.482 e. The number of ether oxygens (including phenoxy) is 2. The van der Waals surface area contributed by atoms with Crippen molar-refractivity contribution in [1.82, 2.24) is 5.32 Å². The number of rotatable bonds is 6. The van der Waals surface area contributed by atoms with Crippen molar-refractivity contribution >= 4 is 21.7 Å². The second-order valence-electron chi connectivity index (χ2n) is 7.78. The Morgan fingerprint density at radius 3 is 2.52 bits per heavy atom. The average molecular weight is 397 g/mol. The predicted octanol–water partition coefficient (Wildman–Crippen LogP) is 1.60. The third-order valence-electron chi connectivity index (χ3n) is 4.30. The summed E-state index contributed by atoms with van der Waals surface area (Å²) in [6.07, 6.45) is -0.649. The van der Waals surface area contributed by atoms with Crippen LogP contribution in [-0.2, 0) is 29.6 Å². The molecule has 1 aliphatic heterocycles. The van der Waals surface area contributed by atoms with Crippen LogP contribution in [0.4, 0.5) is 0 Å². The first kappa shape index (κ1) is 21.2. The van der Waals surface area contributed by atoms with Gasteiger partial charge in [-0.15, -0.1) is 0 Å². The molecule has 1 heterocycles. The van der Waals surface area contributed by atoms with E-state index in [2.05, 4.69) is 5.32 Å². The van der Waals surface area contributed by atoms with Gasteiger partial charge in [-0.3, -0.25) is 4.79 Å². The highest BCUT2D eigenvalue weighted by Gasteiger charge is 2.30. The second-order valence-corrected chi connectivity index (χ2v) is 10.0. The topological polar surface area (TPSA) is 98.8 Å². The number of hydrogen-bond acceptors (Lipinski definition) is 6. The minimum atomic E-state index is -3.09. The third kappa shape index (κ3) is 6.23. The molecule has 0 aromatic heterocycles. The molecule has 0 radical (unpaired) electrons. The van der Waals surface area contributed by atoms with E-state index in [0.29, 0.717) is 12.2 Å². The normalized spacial score (nSPS) is 19.9. The summed E-state index contributed by atoms with van der Waals surface area (Å²) in [6.45, 7) is 7.26. The summed E-state index contributed by atoms with van der Waals surface area (Å²) >= 11 is 0. The van der Waals surface area contributed by atoms with Gasteiger partial charge in [-0.05, 0) is 30.4 Å². The fraction of sp³-hybridized carbons (Fsp3) is 0.579. The van der Waals surface area contributed by atoms with Crippen LogP contribution in [0.5, 0.6) is 5.75 Å². The Hall–Kier alpha value is -2.09. The summed E-state index contributed by atoms with van der Waals surface area (Å²) in [4.78, 5) is 24.1. The molecule has 8 heteroatoms. The molecule has 0 aliphatic carbocycles. The molecule has 0 spiro atoms. The fourth-order valence-corrected chi connectivity index (χ4v) is 4.53. The lowest BCUT2D eigenvalue weighted by molar-refractivity contribution is -0.156. The third-order valence-corrected chi connectivity index (χ3v) is 6.06. The summed E-state index contributed by atoms with van der Waals surface area (Å²) in [5.74, 6) is -0.602. The number of hydrogen-bond donors (Lipinski definition) is 1. The molecule has 2 atom stereocenters. The van der Waals surface area contributed by atoms with Crippen molar-refractivity contribution in [3.05, 3.63) is 29.8 Å². The van der Waals surface area contributed by atoms with E-state index in [4.69, 9.17) is 9.47 Å². The van der Waals surface area contributed by atoms with Gasteiger partial charge in [0.05, 0.1) is 11.5 Å². The molecule has 0 saturated carbocycles. The first-order chi connectivity index (χ1) is 12.5. The summed E-state index contributed by atoms with van der Waals surface area (Å²) in [5, 5.41) is 2.61. The van der Waals surface area contributed by atoms with E-state index in [9.17, 15) is 18.0 Å². The van der Waals surface area contributed by atoms with Crippen LogP contribution in [0.2, 0.25) is 0 Å². The molecule has 1 aliphatic rings. The lowest BCUT2D eigenvalue weighted by Gasteiger charge is -2.22. The highest BCUT2D eigenvalue weighted by molar-refractivity contribution is 7.91. The van der Waals surface area contributed by atoms with Crippen molar-refractivity contribution in [3.63, 3.8) is 0 Å². The number of amides is 1. The maximum atomic E-state index is 12.1. The summed E-state index contributed by atoms with van der Waals surface area (Å²) in [5.41, 5.74) is 0.820. The zero-order valence-electron chi connectivity index (χ0n) is 16.2. The highest BCUT2D eigenvalue weighted by atomic mass is 32.2. The van der Waals surface area contributed by atoms with Crippen LogP contribution in [0.3, 0.4) is 0 Å². The lowest BCUT2D eigenvalue weighted by atomic mass is 9.86. The largest absolute Gasteiger partial charge is 0.482 e. The zero-order chi connectivity index (χ0) is 20.2. The Kier molecular flexibility index (Phi) is 6.51. The average Bonchev–Trinajstić information content (AvgIpc) is 2.90. The molecule has 0 unspecified atom stereocenters. The monoisotopic (exact) mass is 397 g/mol. The van der Waals surface area contributed by atoms with E-state index in [1.165, 1.54) is 6.92 Å². The Labute approximate surface area is 160 Å². The maximum absolute atomic E-state index is 12.1. The number of carbonyl (C=O) groups excluding carboxylic acids is 2.